The predicted molar refractivity (Wildman–Crippen MR) is 71.4 cm³/mol. The monoisotopic (exact) mass is 282 g/mol. The Morgan fingerprint density at radius 1 is 1.37 bits per heavy atom. The molecular formula is C11H15ClN6O. The van der Waals surface area contributed by atoms with E-state index >= 15 is 0 Å². The molecule has 0 N–H and O–H groups in total. The Morgan fingerprint density at radius 2 is 2.11 bits per heavy atom. The van der Waals surface area contributed by atoms with Crippen LogP contribution in [-0.4, -0.2) is 54.8 Å². The molecule has 0 bridgehead atoms. The average Bonchev–Trinajstić information content (AvgIpc) is 2.45. The van der Waals surface area contributed by atoms with E-state index in [9.17, 15) is 0 Å². The van der Waals surface area contributed by atoms with Crippen molar-refractivity contribution in [2.75, 3.05) is 49.7 Å². The van der Waals surface area contributed by atoms with Crippen molar-refractivity contribution in [2.24, 2.45) is 0 Å². The average molecular weight is 283 g/mol. The second kappa shape index (κ2) is 6.50. The van der Waals surface area contributed by atoms with Gasteiger partial charge in [0.05, 0.1) is 25.7 Å². The molecule has 0 aliphatic carbocycles. The third-order valence-electron chi connectivity index (χ3n) is 2.78. The van der Waals surface area contributed by atoms with Gasteiger partial charge in [0.25, 0.3) is 0 Å². The number of ether oxygens (including phenoxy) is 1. The van der Waals surface area contributed by atoms with Crippen molar-refractivity contribution >= 4 is 23.5 Å². The molecule has 0 amide bonds. The van der Waals surface area contributed by atoms with Crippen LogP contribution in [0, 0.1) is 11.3 Å². The molecule has 1 saturated heterocycles. The molecule has 0 spiro atoms. The summed E-state index contributed by atoms with van der Waals surface area (Å²) in [6, 6.07) is 2.09. The minimum atomic E-state index is 0.162. The van der Waals surface area contributed by atoms with E-state index in [0.717, 1.165) is 13.1 Å². The second-order valence-electron chi connectivity index (χ2n) is 4.13. The smallest absolute Gasteiger partial charge is 0.231 e. The lowest BCUT2D eigenvalue weighted by molar-refractivity contribution is 0.122. The molecule has 19 heavy (non-hydrogen) atoms. The molecular weight excluding hydrogens is 268 g/mol. The number of aromatic nitrogens is 3. The first kappa shape index (κ1) is 13.8. The maximum absolute atomic E-state index is 8.60. The zero-order chi connectivity index (χ0) is 13.7. The van der Waals surface area contributed by atoms with Gasteiger partial charge in [0.2, 0.25) is 17.2 Å². The number of anilines is 2. The maximum Gasteiger partial charge on any atom is 0.231 e. The number of hydrogen-bond donors (Lipinski definition) is 0. The fraction of sp³-hybridized carbons (Fsp3) is 0.636. The van der Waals surface area contributed by atoms with Gasteiger partial charge in [0.1, 0.15) is 0 Å². The standard InChI is InChI=1S/C11H15ClN6O/c1-17(4-2-3-13)10-14-9(12)15-11(16-10)18-5-7-19-8-6-18/h2,4-8H2,1H3. The molecule has 2 rings (SSSR count). The van der Waals surface area contributed by atoms with Crippen LogP contribution in [0.5, 0.6) is 0 Å². The van der Waals surface area contributed by atoms with E-state index in [2.05, 4.69) is 21.0 Å². The number of rotatable bonds is 4. The third-order valence-corrected chi connectivity index (χ3v) is 2.95. The Labute approximate surface area is 116 Å². The Hall–Kier alpha value is -1.65. The fourth-order valence-corrected chi connectivity index (χ4v) is 1.87. The first-order chi connectivity index (χ1) is 9.20. The van der Waals surface area contributed by atoms with Crippen LogP contribution in [0.2, 0.25) is 5.28 Å². The van der Waals surface area contributed by atoms with Gasteiger partial charge in [0.15, 0.2) is 0 Å². The number of nitrogens with zero attached hydrogens (tertiary/aromatic N) is 6. The highest BCUT2D eigenvalue weighted by Gasteiger charge is 2.17. The van der Waals surface area contributed by atoms with E-state index in [0.29, 0.717) is 38.1 Å². The molecule has 0 aromatic carbocycles. The lowest BCUT2D eigenvalue weighted by Crippen LogP contribution is -2.37. The van der Waals surface area contributed by atoms with E-state index in [1.54, 1.807) is 4.90 Å². The largest absolute Gasteiger partial charge is 0.378 e. The summed E-state index contributed by atoms with van der Waals surface area (Å²) in [6.07, 6.45) is 0.409. The van der Waals surface area contributed by atoms with Crippen LogP contribution in [0.25, 0.3) is 0 Å². The minimum Gasteiger partial charge on any atom is -0.378 e. The van der Waals surface area contributed by atoms with Gasteiger partial charge >= 0.3 is 0 Å². The highest BCUT2D eigenvalue weighted by atomic mass is 35.5. The van der Waals surface area contributed by atoms with E-state index in [-0.39, 0.29) is 5.28 Å². The van der Waals surface area contributed by atoms with Crippen LogP contribution < -0.4 is 9.80 Å². The van der Waals surface area contributed by atoms with Crippen molar-refractivity contribution in [3.8, 4) is 6.07 Å². The van der Waals surface area contributed by atoms with E-state index in [1.807, 2.05) is 11.9 Å². The number of halogens is 1. The van der Waals surface area contributed by atoms with Gasteiger partial charge in [-0.15, -0.1) is 0 Å². The van der Waals surface area contributed by atoms with Gasteiger partial charge in [-0.2, -0.15) is 20.2 Å². The van der Waals surface area contributed by atoms with Crippen molar-refractivity contribution < 1.29 is 4.74 Å². The number of nitriles is 1. The molecule has 102 valence electrons. The van der Waals surface area contributed by atoms with Crippen LogP contribution in [0.4, 0.5) is 11.9 Å². The van der Waals surface area contributed by atoms with Gasteiger partial charge in [0, 0.05) is 26.7 Å². The summed E-state index contributed by atoms with van der Waals surface area (Å²) in [4.78, 5) is 16.4. The van der Waals surface area contributed by atoms with Crippen LogP contribution in [-0.2, 0) is 4.74 Å². The Kier molecular flexibility index (Phi) is 4.71. The third kappa shape index (κ3) is 3.66. The molecule has 2 heterocycles. The van der Waals surface area contributed by atoms with Crippen LogP contribution in [0.3, 0.4) is 0 Å². The van der Waals surface area contributed by atoms with Crippen molar-refractivity contribution in [3.05, 3.63) is 5.28 Å². The molecule has 0 radical (unpaired) electrons. The van der Waals surface area contributed by atoms with Gasteiger partial charge < -0.3 is 14.5 Å². The van der Waals surface area contributed by atoms with Gasteiger partial charge in [-0.1, -0.05) is 0 Å². The minimum absolute atomic E-state index is 0.162. The lowest BCUT2D eigenvalue weighted by atomic mass is 10.4. The molecule has 8 heteroatoms. The summed E-state index contributed by atoms with van der Waals surface area (Å²) in [6.45, 7) is 3.34. The number of morpholine rings is 1. The highest BCUT2D eigenvalue weighted by Crippen LogP contribution is 2.17. The SMILES string of the molecule is CN(CCC#N)c1nc(Cl)nc(N2CCOCC2)n1. The van der Waals surface area contributed by atoms with Gasteiger partial charge in [-0.3, -0.25) is 0 Å². The normalized spacial score (nSPS) is 15.1. The Morgan fingerprint density at radius 3 is 2.79 bits per heavy atom. The van der Waals surface area contributed by atoms with Crippen molar-refractivity contribution in [1.29, 1.82) is 5.26 Å². The van der Waals surface area contributed by atoms with Crippen molar-refractivity contribution in [1.82, 2.24) is 15.0 Å². The number of hydrogen-bond acceptors (Lipinski definition) is 7. The van der Waals surface area contributed by atoms with E-state index in [1.165, 1.54) is 0 Å². The second-order valence-corrected chi connectivity index (χ2v) is 4.47. The first-order valence-corrected chi connectivity index (χ1v) is 6.41. The molecule has 1 aliphatic rings. The zero-order valence-corrected chi connectivity index (χ0v) is 11.5. The molecule has 0 unspecified atom stereocenters. The van der Waals surface area contributed by atoms with Gasteiger partial charge in [-0.25, -0.2) is 0 Å². The molecule has 1 aliphatic heterocycles. The summed E-state index contributed by atoms with van der Waals surface area (Å²) >= 11 is 5.94. The van der Waals surface area contributed by atoms with Crippen LogP contribution >= 0.6 is 11.6 Å². The van der Waals surface area contributed by atoms with E-state index < -0.39 is 0 Å². The Bertz CT molecular complexity index is 471. The maximum atomic E-state index is 8.60. The Balaban J connectivity index is 2.16. The molecule has 7 nitrogen and oxygen atoms in total. The quantitative estimate of drug-likeness (QED) is 0.805. The van der Waals surface area contributed by atoms with E-state index in [4.69, 9.17) is 21.6 Å². The fourth-order valence-electron chi connectivity index (χ4n) is 1.72. The first-order valence-electron chi connectivity index (χ1n) is 6.03. The van der Waals surface area contributed by atoms with Crippen LogP contribution in [0.1, 0.15) is 6.42 Å². The van der Waals surface area contributed by atoms with Crippen LogP contribution in [0.15, 0.2) is 0 Å². The molecule has 0 saturated carbocycles. The molecule has 1 aromatic heterocycles. The van der Waals surface area contributed by atoms with Crippen molar-refractivity contribution in [3.63, 3.8) is 0 Å². The van der Waals surface area contributed by atoms with Gasteiger partial charge in [-0.05, 0) is 11.6 Å². The summed E-state index contributed by atoms with van der Waals surface area (Å²) < 4.78 is 5.29. The zero-order valence-electron chi connectivity index (χ0n) is 10.7. The summed E-state index contributed by atoms with van der Waals surface area (Å²) in [7, 11) is 1.83. The highest BCUT2D eigenvalue weighted by molar-refractivity contribution is 6.28. The molecule has 1 fully saturated rings. The molecule has 0 atom stereocenters. The summed E-state index contributed by atoms with van der Waals surface area (Å²) in [5.41, 5.74) is 0. The summed E-state index contributed by atoms with van der Waals surface area (Å²) in [5.74, 6) is 1.04. The molecule has 1 aromatic rings. The lowest BCUT2D eigenvalue weighted by Gasteiger charge is -2.27. The summed E-state index contributed by atoms with van der Waals surface area (Å²) in [5, 5.41) is 8.76. The predicted octanol–water partition coefficient (Wildman–Crippen LogP) is 0.711. The van der Waals surface area contributed by atoms with Crippen molar-refractivity contribution in [2.45, 2.75) is 6.42 Å². The topological polar surface area (TPSA) is 78.2 Å².